The van der Waals surface area contributed by atoms with E-state index in [4.69, 9.17) is 4.74 Å². The van der Waals surface area contributed by atoms with Crippen LogP contribution in [0.2, 0.25) is 0 Å². The molecule has 2 N–H and O–H groups in total. The first-order valence-corrected chi connectivity index (χ1v) is 9.19. The number of carbonyl (C=O) groups excluding carboxylic acids is 1. The third-order valence-corrected chi connectivity index (χ3v) is 4.20. The highest BCUT2D eigenvalue weighted by Crippen LogP contribution is 2.19. The van der Waals surface area contributed by atoms with Gasteiger partial charge in [-0.2, -0.15) is 0 Å². The van der Waals surface area contributed by atoms with Gasteiger partial charge in [0.25, 0.3) is 0 Å². The Morgan fingerprint density at radius 1 is 1.21 bits per heavy atom. The molecule has 1 aliphatic rings. The highest BCUT2D eigenvalue weighted by molar-refractivity contribution is 5.92. The quantitative estimate of drug-likeness (QED) is 0.497. The normalized spacial score (nSPS) is 14.1. The first-order valence-electron chi connectivity index (χ1n) is 9.19. The third kappa shape index (κ3) is 7.18. The Hall–Kier alpha value is -1.81. The molecule has 1 aromatic carbocycles. The topological polar surface area (TPSA) is 50.4 Å². The summed E-state index contributed by atoms with van der Waals surface area (Å²) in [5.74, 6) is 0.840. The fraction of sp³-hybridized carbons (Fsp3) is 0.550. The van der Waals surface area contributed by atoms with Crippen molar-refractivity contribution in [3.63, 3.8) is 0 Å². The molecule has 0 atom stereocenters. The van der Waals surface area contributed by atoms with Gasteiger partial charge in [0.2, 0.25) is 5.91 Å². The predicted octanol–water partition coefficient (Wildman–Crippen LogP) is 4.28. The molecule has 0 heterocycles. The lowest BCUT2D eigenvalue weighted by atomic mass is 9.97. The molecule has 0 aromatic heterocycles. The standard InChI is InChI=1S/C20H30N2O2/c1-2-3-15-24-19-11-9-18(10-12-19)22-20(23)16-21-14-13-17-7-5-4-6-8-17/h7,9-12,21H,2-6,8,13-16H2,1H3,(H,22,23). The van der Waals surface area contributed by atoms with E-state index in [0.29, 0.717) is 6.54 Å². The Kier molecular flexibility index (Phi) is 8.39. The minimum Gasteiger partial charge on any atom is -0.494 e. The highest BCUT2D eigenvalue weighted by Gasteiger charge is 2.05. The second kappa shape index (κ2) is 10.9. The molecule has 24 heavy (non-hydrogen) atoms. The van der Waals surface area contributed by atoms with Crippen LogP contribution in [0.25, 0.3) is 0 Å². The predicted molar refractivity (Wildman–Crippen MR) is 99.5 cm³/mol. The Bertz CT molecular complexity index is 523. The SMILES string of the molecule is CCCCOc1ccc(NC(=O)CNCCC2=CCCCC2)cc1. The number of hydrogen-bond acceptors (Lipinski definition) is 3. The number of rotatable bonds is 10. The summed E-state index contributed by atoms with van der Waals surface area (Å²) in [6, 6.07) is 7.56. The van der Waals surface area contributed by atoms with Gasteiger partial charge in [0.15, 0.2) is 0 Å². The molecule has 0 unspecified atom stereocenters. The second-order valence-corrected chi connectivity index (χ2v) is 6.31. The molecule has 0 saturated heterocycles. The Morgan fingerprint density at radius 3 is 2.75 bits per heavy atom. The molecule has 1 aromatic rings. The Morgan fingerprint density at radius 2 is 2.04 bits per heavy atom. The van der Waals surface area contributed by atoms with Gasteiger partial charge in [-0.25, -0.2) is 0 Å². The van der Waals surface area contributed by atoms with E-state index in [0.717, 1.165) is 43.9 Å². The van der Waals surface area contributed by atoms with Gasteiger partial charge >= 0.3 is 0 Å². The zero-order valence-electron chi connectivity index (χ0n) is 14.8. The van der Waals surface area contributed by atoms with E-state index in [2.05, 4.69) is 23.6 Å². The zero-order chi connectivity index (χ0) is 17.0. The molecule has 0 radical (unpaired) electrons. The molecule has 0 bridgehead atoms. The van der Waals surface area contributed by atoms with Gasteiger partial charge in [0.1, 0.15) is 5.75 Å². The summed E-state index contributed by atoms with van der Waals surface area (Å²) < 4.78 is 5.61. The Balaban J connectivity index is 1.62. The summed E-state index contributed by atoms with van der Waals surface area (Å²) in [6.45, 7) is 4.09. The van der Waals surface area contributed by atoms with E-state index >= 15 is 0 Å². The summed E-state index contributed by atoms with van der Waals surface area (Å²) in [5.41, 5.74) is 2.34. The van der Waals surface area contributed by atoms with Gasteiger partial charge in [0, 0.05) is 5.69 Å². The van der Waals surface area contributed by atoms with Crippen LogP contribution in [-0.2, 0) is 4.79 Å². The lowest BCUT2D eigenvalue weighted by Crippen LogP contribution is -2.29. The van der Waals surface area contributed by atoms with Crippen LogP contribution in [-0.4, -0.2) is 25.6 Å². The molecule has 0 spiro atoms. The van der Waals surface area contributed by atoms with Crippen molar-refractivity contribution < 1.29 is 9.53 Å². The van der Waals surface area contributed by atoms with Crippen LogP contribution in [0.3, 0.4) is 0 Å². The van der Waals surface area contributed by atoms with E-state index in [9.17, 15) is 4.79 Å². The second-order valence-electron chi connectivity index (χ2n) is 6.31. The monoisotopic (exact) mass is 330 g/mol. The molecule has 0 fully saturated rings. The van der Waals surface area contributed by atoms with Crippen molar-refractivity contribution in [1.82, 2.24) is 5.32 Å². The molecule has 2 rings (SSSR count). The number of anilines is 1. The first kappa shape index (κ1) is 18.5. The zero-order valence-corrected chi connectivity index (χ0v) is 14.8. The molecule has 1 aliphatic carbocycles. The number of ether oxygens (including phenoxy) is 1. The van der Waals surface area contributed by atoms with Crippen LogP contribution < -0.4 is 15.4 Å². The van der Waals surface area contributed by atoms with Crippen molar-refractivity contribution in [3.05, 3.63) is 35.9 Å². The number of amides is 1. The smallest absolute Gasteiger partial charge is 0.238 e. The number of allylic oxidation sites excluding steroid dienone is 1. The fourth-order valence-electron chi connectivity index (χ4n) is 2.76. The van der Waals surface area contributed by atoms with Crippen molar-refractivity contribution >= 4 is 11.6 Å². The molecule has 132 valence electrons. The number of nitrogens with one attached hydrogen (secondary N) is 2. The van der Waals surface area contributed by atoms with Gasteiger partial charge in [0.05, 0.1) is 13.2 Å². The highest BCUT2D eigenvalue weighted by atomic mass is 16.5. The maximum atomic E-state index is 11.9. The summed E-state index contributed by atoms with van der Waals surface area (Å²) in [6.07, 6.45) is 10.7. The van der Waals surface area contributed by atoms with E-state index < -0.39 is 0 Å². The summed E-state index contributed by atoms with van der Waals surface area (Å²) in [4.78, 5) is 11.9. The molecule has 4 nitrogen and oxygen atoms in total. The van der Waals surface area contributed by atoms with Crippen molar-refractivity contribution in [1.29, 1.82) is 0 Å². The van der Waals surface area contributed by atoms with Crippen LogP contribution >= 0.6 is 0 Å². The van der Waals surface area contributed by atoms with Crippen LogP contribution in [0.5, 0.6) is 5.75 Å². The van der Waals surface area contributed by atoms with Crippen molar-refractivity contribution in [2.24, 2.45) is 0 Å². The van der Waals surface area contributed by atoms with Crippen molar-refractivity contribution in [2.45, 2.75) is 51.9 Å². The molecule has 0 aliphatic heterocycles. The van der Waals surface area contributed by atoms with E-state index in [1.165, 1.54) is 31.3 Å². The summed E-state index contributed by atoms with van der Waals surface area (Å²) in [7, 11) is 0. The minimum absolute atomic E-state index is 0.00715. The number of benzene rings is 1. The van der Waals surface area contributed by atoms with Gasteiger partial charge in [-0.05, 0) is 69.3 Å². The molecule has 4 heteroatoms. The van der Waals surface area contributed by atoms with Gasteiger partial charge in [-0.3, -0.25) is 4.79 Å². The van der Waals surface area contributed by atoms with Crippen LogP contribution in [0.15, 0.2) is 35.9 Å². The minimum atomic E-state index is -0.00715. The molecule has 1 amide bonds. The average molecular weight is 330 g/mol. The maximum absolute atomic E-state index is 11.9. The largest absolute Gasteiger partial charge is 0.494 e. The van der Waals surface area contributed by atoms with Crippen molar-refractivity contribution in [2.75, 3.05) is 25.0 Å². The lowest BCUT2D eigenvalue weighted by Gasteiger charge is -2.13. The first-order chi connectivity index (χ1) is 11.8. The molecule has 0 saturated carbocycles. The number of hydrogen-bond donors (Lipinski definition) is 2. The maximum Gasteiger partial charge on any atom is 0.238 e. The third-order valence-electron chi connectivity index (χ3n) is 4.20. The summed E-state index contributed by atoms with van der Waals surface area (Å²) in [5, 5.41) is 6.12. The molecular weight excluding hydrogens is 300 g/mol. The van der Waals surface area contributed by atoms with E-state index in [1.807, 2.05) is 24.3 Å². The fourth-order valence-corrected chi connectivity index (χ4v) is 2.76. The van der Waals surface area contributed by atoms with Crippen LogP contribution in [0, 0.1) is 0 Å². The van der Waals surface area contributed by atoms with E-state index in [1.54, 1.807) is 0 Å². The Labute approximate surface area is 145 Å². The van der Waals surface area contributed by atoms with Gasteiger partial charge in [-0.15, -0.1) is 0 Å². The summed E-state index contributed by atoms with van der Waals surface area (Å²) >= 11 is 0. The van der Waals surface area contributed by atoms with Gasteiger partial charge in [-0.1, -0.05) is 25.0 Å². The van der Waals surface area contributed by atoms with Gasteiger partial charge < -0.3 is 15.4 Å². The van der Waals surface area contributed by atoms with Crippen molar-refractivity contribution in [3.8, 4) is 5.75 Å². The number of unbranched alkanes of at least 4 members (excludes halogenated alkanes) is 1. The van der Waals surface area contributed by atoms with Crippen LogP contribution in [0.1, 0.15) is 51.9 Å². The van der Waals surface area contributed by atoms with Crippen LogP contribution in [0.4, 0.5) is 5.69 Å². The van der Waals surface area contributed by atoms with E-state index in [-0.39, 0.29) is 5.91 Å². The number of carbonyl (C=O) groups is 1. The molecular formula is C20H30N2O2. The lowest BCUT2D eigenvalue weighted by molar-refractivity contribution is -0.115. The average Bonchev–Trinajstić information content (AvgIpc) is 2.61.